The number of benzene rings is 1. The summed E-state index contributed by atoms with van der Waals surface area (Å²) in [5.74, 6) is 0.242. The van der Waals surface area contributed by atoms with Crippen LogP contribution in [0.15, 0.2) is 18.2 Å². The van der Waals surface area contributed by atoms with Gasteiger partial charge in [-0.2, -0.15) is 0 Å². The molecule has 1 N–H and O–H groups in total. The second kappa shape index (κ2) is 5.28. The number of carbonyl (C=O) groups excluding carboxylic acids is 1. The van der Waals surface area contributed by atoms with E-state index >= 15 is 0 Å². The summed E-state index contributed by atoms with van der Waals surface area (Å²) in [6.45, 7) is 0. The molecule has 3 heteroatoms. The zero-order valence-electron chi connectivity index (χ0n) is 11.2. The third-order valence-electron chi connectivity index (χ3n) is 4.60. The molecule has 1 atom stereocenters. The first-order valence-electron chi connectivity index (χ1n) is 7.28. The maximum atomic E-state index is 12.6. The average molecular weight is 322 g/mol. The van der Waals surface area contributed by atoms with Crippen molar-refractivity contribution in [2.24, 2.45) is 0 Å². The molecule has 1 aliphatic heterocycles. The van der Waals surface area contributed by atoms with E-state index in [1.165, 1.54) is 17.5 Å². The van der Waals surface area contributed by atoms with Crippen molar-refractivity contribution in [2.45, 2.75) is 50.4 Å². The standard InChI is InChI=1S/C16H20BrNO/c17-11-4-3-10-16-9-2-1-6-12-7-5-8-13(14(12)16)18-15(16)19/h5,7-8H,1-4,6,9-11H2,(H,18,19). The summed E-state index contributed by atoms with van der Waals surface area (Å²) in [5, 5.41) is 4.15. The first-order valence-corrected chi connectivity index (χ1v) is 8.40. The van der Waals surface area contributed by atoms with E-state index in [1.807, 2.05) is 0 Å². The van der Waals surface area contributed by atoms with Crippen molar-refractivity contribution in [2.75, 3.05) is 10.6 Å². The van der Waals surface area contributed by atoms with E-state index in [1.54, 1.807) is 0 Å². The number of alkyl halides is 1. The summed E-state index contributed by atoms with van der Waals surface area (Å²) in [6, 6.07) is 6.35. The number of halogens is 1. The molecule has 3 rings (SSSR count). The van der Waals surface area contributed by atoms with Crippen molar-refractivity contribution in [1.82, 2.24) is 0 Å². The van der Waals surface area contributed by atoms with E-state index in [0.29, 0.717) is 0 Å². The van der Waals surface area contributed by atoms with E-state index in [2.05, 4.69) is 39.4 Å². The molecule has 1 aliphatic carbocycles. The molecule has 102 valence electrons. The highest BCUT2D eigenvalue weighted by molar-refractivity contribution is 9.09. The lowest BCUT2D eigenvalue weighted by Gasteiger charge is -2.27. The summed E-state index contributed by atoms with van der Waals surface area (Å²) < 4.78 is 0. The normalized spacial score (nSPS) is 24.8. The molecule has 1 aromatic carbocycles. The molecule has 1 heterocycles. The molecule has 0 aromatic heterocycles. The highest BCUT2D eigenvalue weighted by atomic mass is 79.9. The van der Waals surface area contributed by atoms with Crippen molar-refractivity contribution in [3.63, 3.8) is 0 Å². The molecule has 2 nitrogen and oxygen atoms in total. The van der Waals surface area contributed by atoms with Crippen LogP contribution in [0.1, 0.15) is 49.7 Å². The lowest BCUT2D eigenvalue weighted by Crippen LogP contribution is -2.34. The van der Waals surface area contributed by atoms with Gasteiger partial charge < -0.3 is 5.32 Å². The zero-order chi connectivity index (χ0) is 13.3. The summed E-state index contributed by atoms with van der Waals surface area (Å²) in [7, 11) is 0. The van der Waals surface area contributed by atoms with Gasteiger partial charge in [-0.25, -0.2) is 0 Å². The Morgan fingerprint density at radius 1 is 1.26 bits per heavy atom. The Hall–Kier alpha value is -0.830. The molecule has 0 bridgehead atoms. The molecule has 0 saturated carbocycles. The highest BCUT2D eigenvalue weighted by Crippen LogP contribution is 2.48. The van der Waals surface area contributed by atoms with E-state index in [-0.39, 0.29) is 11.3 Å². The zero-order valence-corrected chi connectivity index (χ0v) is 12.8. The van der Waals surface area contributed by atoms with Crippen LogP contribution >= 0.6 is 15.9 Å². The lowest BCUT2D eigenvalue weighted by molar-refractivity contribution is -0.121. The van der Waals surface area contributed by atoms with Gasteiger partial charge in [0, 0.05) is 11.0 Å². The molecule has 1 unspecified atom stereocenters. The SMILES string of the molecule is O=C1Nc2cccc3c2C1(CCCCBr)CCCC3. The number of hydrogen-bond acceptors (Lipinski definition) is 1. The summed E-state index contributed by atoms with van der Waals surface area (Å²) in [4.78, 5) is 12.6. The third-order valence-corrected chi connectivity index (χ3v) is 5.16. The van der Waals surface area contributed by atoms with Gasteiger partial charge in [-0.15, -0.1) is 0 Å². The Labute approximate surface area is 123 Å². The topological polar surface area (TPSA) is 29.1 Å². The number of unbranched alkanes of at least 4 members (excludes halogenated alkanes) is 1. The van der Waals surface area contributed by atoms with Gasteiger partial charge in [-0.1, -0.05) is 40.9 Å². The summed E-state index contributed by atoms with van der Waals surface area (Å²) >= 11 is 3.49. The first-order chi connectivity index (χ1) is 9.28. The maximum absolute atomic E-state index is 12.6. The van der Waals surface area contributed by atoms with Crippen LogP contribution < -0.4 is 5.32 Å². The van der Waals surface area contributed by atoms with Crippen molar-refractivity contribution in [3.05, 3.63) is 29.3 Å². The number of nitrogens with one attached hydrogen (secondary N) is 1. The molecule has 0 spiro atoms. The number of amides is 1. The Kier molecular flexibility index (Phi) is 3.66. The minimum absolute atomic E-state index is 0.232. The van der Waals surface area contributed by atoms with Crippen LogP contribution in [0.4, 0.5) is 5.69 Å². The van der Waals surface area contributed by atoms with Crippen molar-refractivity contribution < 1.29 is 4.79 Å². The van der Waals surface area contributed by atoms with Gasteiger partial charge in [0.15, 0.2) is 0 Å². The minimum Gasteiger partial charge on any atom is -0.325 e. The van der Waals surface area contributed by atoms with Crippen LogP contribution in [0.25, 0.3) is 0 Å². The van der Waals surface area contributed by atoms with Gasteiger partial charge in [0.05, 0.1) is 5.41 Å². The Balaban J connectivity index is 2.02. The molecule has 1 amide bonds. The smallest absolute Gasteiger partial charge is 0.235 e. The van der Waals surface area contributed by atoms with Gasteiger partial charge in [0.1, 0.15) is 0 Å². The molecule has 19 heavy (non-hydrogen) atoms. The third kappa shape index (κ3) is 2.12. The van der Waals surface area contributed by atoms with E-state index < -0.39 is 0 Å². The van der Waals surface area contributed by atoms with Gasteiger partial charge in [-0.05, 0) is 49.3 Å². The van der Waals surface area contributed by atoms with Crippen molar-refractivity contribution in [3.8, 4) is 0 Å². The predicted molar refractivity (Wildman–Crippen MR) is 81.9 cm³/mol. The van der Waals surface area contributed by atoms with Gasteiger partial charge in [-0.3, -0.25) is 4.79 Å². The van der Waals surface area contributed by atoms with Crippen LogP contribution in [-0.2, 0) is 16.6 Å². The largest absolute Gasteiger partial charge is 0.325 e. The Morgan fingerprint density at radius 3 is 3.00 bits per heavy atom. The van der Waals surface area contributed by atoms with Crippen molar-refractivity contribution in [1.29, 1.82) is 0 Å². The average Bonchev–Trinajstić information content (AvgIpc) is 2.58. The summed E-state index contributed by atoms with van der Waals surface area (Å²) in [5.41, 5.74) is 3.56. The minimum atomic E-state index is -0.232. The number of anilines is 1. The van der Waals surface area contributed by atoms with Gasteiger partial charge >= 0.3 is 0 Å². The second-order valence-corrected chi connectivity index (χ2v) is 6.52. The Morgan fingerprint density at radius 2 is 2.16 bits per heavy atom. The molecule has 0 radical (unpaired) electrons. The van der Waals surface area contributed by atoms with E-state index in [0.717, 1.165) is 49.5 Å². The molecular formula is C16H20BrNO. The van der Waals surface area contributed by atoms with Crippen LogP contribution in [0, 0.1) is 0 Å². The second-order valence-electron chi connectivity index (χ2n) is 5.73. The number of carbonyl (C=O) groups is 1. The quantitative estimate of drug-likeness (QED) is 0.654. The predicted octanol–water partition coefficient (Wildman–Crippen LogP) is 4.17. The van der Waals surface area contributed by atoms with E-state index in [9.17, 15) is 4.79 Å². The van der Waals surface area contributed by atoms with Gasteiger partial charge in [0.2, 0.25) is 5.91 Å². The van der Waals surface area contributed by atoms with Crippen molar-refractivity contribution >= 4 is 27.5 Å². The number of aryl methyl sites for hydroxylation is 1. The monoisotopic (exact) mass is 321 g/mol. The molecule has 2 aliphatic rings. The molecular weight excluding hydrogens is 302 g/mol. The Bertz CT molecular complexity index is 500. The molecule has 1 aromatic rings. The van der Waals surface area contributed by atoms with Crippen LogP contribution in [0.5, 0.6) is 0 Å². The fourth-order valence-electron chi connectivity index (χ4n) is 3.70. The first kappa shape index (κ1) is 13.2. The lowest BCUT2D eigenvalue weighted by atomic mass is 9.73. The molecule has 0 saturated heterocycles. The van der Waals surface area contributed by atoms with Gasteiger partial charge in [0.25, 0.3) is 0 Å². The van der Waals surface area contributed by atoms with Crippen LogP contribution in [0.2, 0.25) is 0 Å². The fourth-order valence-corrected chi connectivity index (χ4v) is 4.10. The maximum Gasteiger partial charge on any atom is 0.235 e. The highest BCUT2D eigenvalue weighted by Gasteiger charge is 2.47. The fraction of sp³-hybridized carbons (Fsp3) is 0.562. The van der Waals surface area contributed by atoms with E-state index in [4.69, 9.17) is 0 Å². The number of hydrogen-bond donors (Lipinski definition) is 1. The summed E-state index contributed by atoms with van der Waals surface area (Å²) in [6.07, 6.45) is 7.77. The number of rotatable bonds is 4. The van der Waals surface area contributed by atoms with Crippen LogP contribution in [-0.4, -0.2) is 11.2 Å². The van der Waals surface area contributed by atoms with Crippen LogP contribution in [0.3, 0.4) is 0 Å². The molecule has 0 fully saturated rings.